The first-order chi connectivity index (χ1) is 5.27. The maximum absolute atomic E-state index is 11.1. The summed E-state index contributed by atoms with van der Waals surface area (Å²) < 4.78 is 0. The second-order valence-electron chi connectivity index (χ2n) is 2.13. The van der Waals surface area contributed by atoms with Crippen LogP contribution in [-0.4, -0.2) is 15.0 Å². The van der Waals surface area contributed by atoms with E-state index in [0.717, 1.165) is 0 Å². The average molecular weight is 167 g/mol. The van der Waals surface area contributed by atoms with Crippen LogP contribution in [0.4, 0.5) is 0 Å². The Bertz CT molecular complexity index is 444. The number of thiol groups is 1. The number of aromatic amines is 2. The number of aromatic nitrogens is 3. The highest BCUT2D eigenvalue weighted by Crippen LogP contribution is 2.04. The Balaban J connectivity index is 3.02. The summed E-state index contributed by atoms with van der Waals surface area (Å²) in [6.07, 6.45) is 1.67. The van der Waals surface area contributed by atoms with Crippen LogP contribution in [0.15, 0.2) is 22.2 Å². The molecule has 4 nitrogen and oxygen atoms in total. The zero-order chi connectivity index (χ0) is 7.84. The molecule has 2 aromatic rings. The van der Waals surface area contributed by atoms with Gasteiger partial charge in [-0.1, -0.05) is 0 Å². The van der Waals surface area contributed by atoms with E-state index in [4.69, 9.17) is 0 Å². The molecule has 0 fully saturated rings. The summed E-state index contributed by atoms with van der Waals surface area (Å²) in [5.41, 5.74) is 0.403. The molecule has 2 rings (SSSR count). The molecule has 11 heavy (non-hydrogen) atoms. The third kappa shape index (κ3) is 0.932. The van der Waals surface area contributed by atoms with Gasteiger partial charge in [0.05, 0.1) is 5.39 Å². The molecule has 2 N–H and O–H groups in total. The minimum absolute atomic E-state index is 0.166. The lowest BCUT2D eigenvalue weighted by atomic mass is 10.4. The Kier molecular flexibility index (Phi) is 1.25. The van der Waals surface area contributed by atoms with Crippen LogP contribution >= 0.6 is 12.6 Å². The minimum Gasteiger partial charge on any atom is -0.346 e. The van der Waals surface area contributed by atoms with E-state index in [-0.39, 0.29) is 5.56 Å². The number of hydrogen-bond donors (Lipinski definition) is 3. The lowest BCUT2D eigenvalue weighted by molar-refractivity contribution is 0.975. The van der Waals surface area contributed by atoms with E-state index in [1.54, 1.807) is 12.3 Å². The second-order valence-corrected chi connectivity index (χ2v) is 2.55. The molecule has 2 heterocycles. The Morgan fingerprint density at radius 1 is 1.55 bits per heavy atom. The van der Waals surface area contributed by atoms with Gasteiger partial charge in [-0.3, -0.25) is 4.79 Å². The molecule has 5 heteroatoms. The molecule has 56 valence electrons. The van der Waals surface area contributed by atoms with Crippen molar-refractivity contribution in [2.24, 2.45) is 0 Å². The fourth-order valence-corrected chi connectivity index (χ4v) is 1.14. The van der Waals surface area contributed by atoms with Gasteiger partial charge in [-0.05, 0) is 6.07 Å². The van der Waals surface area contributed by atoms with Crippen LogP contribution in [0.1, 0.15) is 0 Å². The highest BCUT2D eigenvalue weighted by molar-refractivity contribution is 7.80. The van der Waals surface area contributed by atoms with E-state index in [0.29, 0.717) is 16.2 Å². The van der Waals surface area contributed by atoms with Gasteiger partial charge in [0.2, 0.25) is 0 Å². The molecule has 0 bridgehead atoms. The van der Waals surface area contributed by atoms with Crippen LogP contribution in [0.5, 0.6) is 0 Å². The van der Waals surface area contributed by atoms with Gasteiger partial charge < -0.3 is 9.97 Å². The summed E-state index contributed by atoms with van der Waals surface area (Å²) in [5, 5.41) is 0.882. The van der Waals surface area contributed by atoms with Gasteiger partial charge >= 0.3 is 0 Å². The van der Waals surface area contributed by atoms with Crippen molar-refractivity contribution in [2.75, 3.05) is 0 Å². The Morgan fingerprint density at radius 3 is 3.18 bits per heavy atom. The van der Waals surface area contributed by atoms with Gasteiger partial charge in [0.25, 0.3) is 5.56 Å². The molecule has 0 amide bonds. The summed E-state index contributed by atoms with van der Waals surface area (Å²) in [7, 11) is 0. The summed E-state index contributed by atoms with van der Waals surface area (Å²) >= 11 is 3.92. The van der Waals surface area contributed by atoms with Crippen molar-refractivity contribution in [3.63, 3.8) is 0 Å². The smallest absolute Gasteiger partial charge is 0.261 e. The van der Waals surface area contributed by atoms with Crippen molar-refractivity contribution in [3.8, 4) is 0 Å². The Labute approximate surface area is 67.1 Å². The molecule has 0 spiro atoms. The van der Waals surface area contributed by atoms with E-state index < -0.39 is 0 Å². The molecule has 0 aliphatic carbocycles. The maximum atomic E-state index is 11.1. The fourth-order valence-electron chi connectivity index (χ4n) is 0.939. The summed E-state index contributed by atoms with van der Waals surface area (Å²) in [5.74, 6) is 0. The number of nitrogens with one attached hydrogen (secondary N) is 2. The predicted octanol–water partition coefficient (Wildman–Crippen LogP) is 0.540. The Morgan fingerprint density at radius 2 is 2.36 bits per heavy atom. The van der Waals surface area contributed by atoms with E-state index in [1.165, 1.54) is 0 Å². The molecule has 0 aromatic carbocycles. The van der Waals surface area contributed by atoms with Crippen LogP contribution < -0.4 is 5.56 Å². The number of H-pyrrole nitrogens is 2. The van der Waals surface area contributed by atoms with Crippen LogP contribution in [-0.2, 0) is 0 Å². The molecule has 0 aliphatic heterocycles. The van der Waals surface area contributed by atoms with Gasteiger partial charge in [-0.25, -0.2) is 4.98 Å². The quantitative estimate of drug-likeness (QED) is 0.396. The Hall–Kier alpha value is -1.23. The normalized spacial score (nSPS) is 10.6. The van der Waals surface area contributed by atoms with Gasteiger partial charge in [0.1, 0.15) is 5.65 Å². The van der Waals surface area contributed by atoms with Gasteiger partial charge in [0, 0.05) is 6.20 Å². The maximum Gasteiger partial charge on any atom is 0.261 e. The van der Waals surface area contributed by atoms with Crippen LogP contribution in [0, 0.1) is 0 Å². The zero-order valence-electron chi connectivity index (χ0n) is 5.46. The van der Waals surface area contributed by atoms with Crippen molar-refractivity contribution in [2.45, 2.75) is 5.16 Å². The summed E-state index contributed by atoms with van der Waals surface area (Å²) in [6, 6.07) is 1.67. The van der Waals surface area contributed by atoms with Crippen molar-refractivity contribution in [1.29, 1.82) is 0 Å². The number of rotatable bonds is 0. The van der Waals surface area contributed by atoms with Gasteiger partial charge in [-0.15, -0.1) is 12.6 Å². The lowest BCUT2D eigenvalue weighted by Crippen LogP contribution is -2.06. The van der Waals surface area contributed by atoms with E-state index >= 15 is 0 Å². The average Bonchev–Trinajstić information content (AvgIpc) is 2.34. The number of fused-ring (bicyclic) bond motifs is 1. The summed E-state index contributed by atoms with van der Waals surface area (Å²) in [4.78, 5) is 20.3. The fraction of sp³-hybridized carbons (Fsp3) is 0. The zero-order valence-corrected chi connectivity index (χ0v) is 6.35. The minimum atomic E-state index is -0.166. The third-order valence-corrected chi connectivity index (χ3v) is 1.62. The van der Waals surface area contributed by atoms with Crippen LogP contribution in [0.25, 0.3) is 11.0 Å². The molecular formula is C6H5N3OS. The van der Waals surface area contributed by atoms with E-state index in [9.17, 15) is 4.79 Å². The first-order valence-corrected chi connectivity index (χ1v) is 3.48. The molecule has 0 aliphatic rings. The molecule has 0 atom stereocenters. The number of hydrogen-bond acceptors (Lipinski definition) is 3. The van der Waals surface area contributed by atoms with Crippen LogP contribution in [0.3, 0.4) is 0 Å². The van der Waals surface area contributed by atoms with Crippen LogP contribution in [0.2, 0.25) is 0 Å². The standard InChI is InChI=1S/C6H5N3OS/c10-5-3-1-2-7-4(3)8-6(11)9-5/h1-2H,(H3,7,8,9,10,11). The van der Waals surface area contributed by atoms with E-state index in [1.807, 2.05) is 0 Å². The molecule has 0 saturated heterocycles. The lowest BCUT2D eigenvalue weighted by Gasteiger charge is -1.89. The molecule has 2 aromatic heterocycles. The number of nitrogens with zero attached hydrogens (tertiary/aromatic N) is 1. The molecular weight excluding hydrogens is 162 g/mol. The SMILES string of the molecule is O=c1[nH]c(S)nc2[nH]ccc12. The van der Waals surface area contributed by atoms with Crippen molar-refractivity contribution in [1.82, 2.24) is 15.0 Å². The van der Waals surface area contributed by atoms with Crippen molar-refractivity contribution >= 4 is 23.7 Å². The predicted molar refractivity (Wildman–Crippen MR) is 44.0 cm³/mol. The first-order valence-electron chi connectivity index (χ1n) is 3.04. The van der Waals surface area contributed by atoms with Gasteiger partial charge in [-0.2, -0.15) is 0 Å². The largest absolute Gasteiger partial charge is 0.346 e. The second kappa shape index (κ2) is 2.13. The van der Waals surface area contributed by atoms with E-state index in [2.05, 4.69) is 27.6 Å². The summed E-state index contributed by atoms with van der Waals surface area (Å²) in [6.45, 7) is 0. The topological polar surface area (TPSA) is 61.5 Å². The molecule has 0 unspecified atom stereocenters. The molecule has 0 radical (unpaired) electrons. The molecule has 0 saturated carbocycles. The van der Waals surface area contributed by atoms with Gasteiger partial charge in [0.15, 0.2) is 5.16 Å². The third-order valence-electron chi connectivity index (χ3n) is 1.41. The highest BCUT2D eigenvalue weighted by Gasteiger charge is 2.00. The first kappa shape index (κ1) is 6.48. The monoisotopic (exact) mass is 167 g/mol. The van der Waals surface area contributed by atoms with Crippen molar-refractivity contribution < 1.29 is 0 Å². The highest BCUT2D eigenvalue weighted by atomic mass is 32.1. The van der Waals surface area contributed by atoms with Crippen molar-refractivity contribution in [3.05, 3.63) is 22.6 Å².